The molecule has 2 aromatic heterocycles. The van der Waals surface area contributed by atoms with Gasteiger partial charge in [-0.15, -0.1) is 0 Å². The molecule has 4 nitrogen and oxygen atoms in total. The van der Waals surface area contributed by atoms with E-state index in [1.165, 1.54) is 11.1 Å². The van der Waals surface area contributed by atoms with E-state index in [9.17, 15) is 4.79 Å². The van der Waals surface area contributed by atoms with Crippen LogP contribution in [0.5, 0.6) is 5.75 Å². The smallest absolute Gasteiger partial charge is 0.153 e. The Morgan fingerprint density at radius 1 is 0.889 bits per heavy atom. The maximum Gasteiger partial charge on any atom is 0.153 e. The molecule has 0 unspecified atom stereocenters. The van der Waals surface area contributed by atoms with Crippen LogP contribution < -0.4 is 4.74 Å². The molecular formula is C29H25Br3O4. The van der Waals surface area contributed by atoms with Crippen LogP contribution in [0, 0.1) is 6.92 Å². The number of alkyl halides is 1. The monoisotopic (exact) mass is 674 g/mol. The Hall–Kier alpha value is -2.35. The maximum atomic E-state index is 11.2. The van der Waals surface area contributed by atoms with Crippen LogP contribution in [0.3, 0.4) is 0 Å². The second kappa shape index (κ2) is 12.3. The summed E-state index contributed by atoms with van der Waals surface area (Å²) in [6.07, 6.45) is 4.57. The molecule has 0 amide bonds. The van der Waals surface area contributed by atoms with E-state index in [1.807, 2.05) is 49.4 Å². The van der Waals surface area contributed by atoms with Crippen molar-refractivity contribution in [1.29, 1.82) is 0 Å². The van der Waals surface area contributed by atoms with Crippen molar-refractivity contribution in [1.82, 2.24) is 0 Å². The normalized spacial score (nSPS) is 10.9. The Bertz CT molecular complexity index is 1500. The molecule has 0 fully saturated rings. The zero-order valence-corrected chi connectivity index (χ0v) is 24.7. The van der Waals surface area contributed by atoms with Crippen molar-refractivity contribution in [3.8, 4) is 5.75 Å². The number of carbonyl (C=O) groups is 1. The largest absolute Gasteiger partial charge is 0.488 e. The highest BCUT2D eigenvalue weighted by molar-refractivity contribution is 9.11. The molecule has 0 saturated carbocycles. The van der Waals surface area contributed by atoms with Crippen LogP contribution in [-0.4, -0.2) is 6.29 Å². The summed E-state index contributed by atoms with van der Waals surface area (Å²) >= 11 is 10.4. The standard InChI is InChI=1S/C20H19BrO3.C9H6Br2O/c1-3-4-14-5-6-16(11-22)19(10-14)23-12-15-8-17-7-13(2)24-20(17)18(21)9-15;10-5-6-3-7-1-2-12-9(7)8(11)4-6/h5-11H,3-4,12H2,1-2H3;1-4H,5H2. The third kappa shape index (κ3) is 6.31. The molecular weight excluding hydrogens is 652 g/mol. The van der Waals surface area contributed by atoms with E-state index >= 15 is 0 Å². The number of furan rings is 2. The summed E-state index contributed by atoms with van der Waals surface area (Å²) in [4.78, 5) is 11.2. The average Bonchev–Trinajstić information content (AvgIpc) is 3.50. The number of aryl methyl sites for hydroxylation is 2. The Kier molecular flexibility index (Phi) is 9.09. The minimum Gasteiger partial charge on any atom is -0.488 e. The average molecular weight is 677 g/mol. The van der Waals surface area contributed by atoms with E-state index in [2.05, 4.69) is 66.8 Å². The van der Waals surface area contributed by atoms with Crippen molar-refractivity contribution in [2.24, 2.45) is 0 Å². The van der Waals surface area contributed by atoms with Gasteiger partial charge in [-0.2, -0.15) is 0 Å². The molecule has 5 rings (SSSR count). The summed E-state index contributed by atoms with van der Waals surface area (Å²) in [6.45, 7) is 4.46. The summed E-state index contributed by atoms with van der Waals surface area (Å²) in [5.74, 6) is 1.51. The van der Waals surface area contributed by atoms with E-state index in [-0.39, 0.29) is 0 Å². The molecule has 0 radical (unpaired) electrons. The summed E-state index contributed by atoms with van der Waals surface area (Å²) in [5.41, 5.74) is 5.78. The van der Waals surface area contributed by atoms with Crippen LogP contribution in [0.2, 0.25) is 0 Å². The SMILES string of the molecule is BrCc1cc(Br)c2occc2c1.CCCc1ccc(C=O)c(OCc2cc(Br)c3oc(C)cc3c2)c1. The number of carbonyl (C=O) groups excluding carboxylic acids is 1. The van der Waals surface area contributed by atoms with E-state index in [0.29, 0.717) is 17.9 Å². The molecule has 3 aromatic carbocycles. The molecule has 0 bridgehead atoms. The second-order valence-electron chi connectivity index (χ2n) is 8.43. The lowest BCUT2D eigenvalue weighted by atomic mass is 10.1. The Morgan fingerprint density at radius 2 is 1.64 bits per heavy atom. The molecule has 5 aromatic rings. The van der Waals surface area contributed by atoms with Gasteiger partial charge in [-0.1, -0.05) is 35.3 Å². The van der Waals surface area contributed by atoms with Crippen molar-refractivity contribution in [3.05, 3.63) is 97.8 Å². The third-order valence-corrected chi connectivity index (χ3v) is 7.44. The van der Waals surface area contributed by atoms with Gasteiger partial charge in [-0.3, -0.25) is 4.79 Å². The second-order valence-corrected chi connectivity index (χ2v) is 10.7. The summed E-state index contributed by atoms with van der Waals surface area (Å²) in [6, 6.07) is 17.9. The molecule has 0 N–H and O–H groups in total. The molecule has 7 heteroatoms. The molecule has 2 heterocycles. The molecule has 0 aliphatic heterocycles. The van der Waals surface area contributed by atoms with Crippen molar-refractivity contribution in [2.75, 3.05) is 0 Å². The minimum absolute atomic E-state index is 0.398. The van der Waals surface area contributed by atoms with Gasteiger partial charge in [-0.25, -0.2) is 0 Å². The fraction of sp³-hybridized carbons (Fsp3) is 0.207. The lowest BCUT2D eigenvalue weighted by Crippen LogP contribution is -1.99. The van der Waals surface area contributed by atoms with Gasteiger partial charge in [0.05, 0.1) is 20.8 Å². The molecule has 36 heavy (non-hydrogen) atoms. The lowest BCUT2D eigenvalue weighted by molar-refractivity contribution is 0.111. The molecule has 0 aliphatic rings. The fourth-order valence-electron chi connectivity index (χ4n) is 3.96. The van der Waals surface area contributed by atoms with Crippen molar-refractivity contribution in [2.45, 2.75) is 38.6 Å². The first-order valence-corrected chi connectivity index (χ1v) is 14.2. The minimum atomic E-state index is 0.398. The highest BCUT2D eigenvalue weighted by Gasteiger charge is 2.10. The maximum absolute atomic E-state index is 11.2. The number of hydrogen-bond donors (Lipinski definition) is 0. The van der Waals surface area contributed by atoms with Gasteiger partial charge < -0.3 is 13.6 Å². The Balaban J connectivity index is 0.000000211. The van der Waals surface area contributed by atoms with Crippen molar-refractivity contribution >= 4 is 76.0 Å². The predicted octanol–water partition coefficient (Wildman–Crippen LogP) is 9.94. The van der Waals surface area contributed by atoms with Crippen LogP contribution in [0.1, 0.15) is 46.2 Å². The van der Waals surface area contributed by atoms with Crippen LogP contribution in [0.15, 0.2) is 78.6 Å². The first-order valence-electron chi connectivity index (χ1n) is 11.5. The first-order chi connectivity index (χ1) is 17.4. The lowest BCUT2D eigenvalue weighted by Gasteiger charge is -2.11. The van der Waals surface area contributed by atoms with E-state index < -0.39 is 0 Å². The predicted molar refractivity (Wildman–Crippen MR) is 155 cm³/mol. The third-order valence-electron chi connectivity index (χ3n) is 5.61. The molecule has 0 spiro atoms. The zero-order valence-electron chi connectivity index (χ0n) is 19.9. The number of halogens is 3. The molecule has 186 valence electrons. The van der Waals surface area contributed by atoms with E-state index in [4.69, 9.17) is 13.6 Å². The number of fused-ring (bicyclic) bond motifs is 2. The highest BCUT2D eigenvalue weighted by Crippen LogP contribution is 2.30. The number of rotatable bonds is 7. The number of ether oxygens (including phenoxy) is 1. The number of benzene rings is 3. The zero-order chi connectivity index (χ0) is 25.7. The Morgan fingerprint density at radius 3 is 2.39 bits per heavy atom. The van der Waals surface area contributed by atoms with Gasteiger partial charge in [0.1, 0.15) is 29.3 Å². The van der Waals surface area contributed by atoms with Crippen LogP contribution in [-0.2, 0) is 18.4 Å². The van der Waals surface area contributed by atoms with E-state index in [1.54, 1.807) is 6.26 Å². The number of hydrogen-bond acceptors (Lipinski definition) is 4. The van der Waals surface area contributed by atoms with Crippen molar-refractivity contribution < 1.29 is 18.4 Å². The van der Waals surface area contributed by atoms with Gasteiger partial charge >= 0.3 is 0 Å². The topological polar surface area (TPSA) is 52.6 Å². The van der Waals surface area contributed by atoms with Gasteiger partial charge in [0.2, 0.25) is 0 Å². The summed E-state index contributed by atoms with van der Waals surface area (Å²) < 4.78 is 18.8. The first kappa shape index (κ1) is 26.7. The van der Waals surface area contributed by atoms with Crippen molar-refractivity contribution in [3.63, 3.8) is 0 Å². The molecule has 0 atom stereocenters. The highest BCUT2D eigenvalue weighted by atomic mass is 79.9. The number of aldehydes is 1. The van der Waals surface area contributed by atoms with Crippen LogP contribution in [0.25, 0.3) is 21.9 Å². The molecule has 0 aliphatic carbocycles. The summed E-state index contributed by atoms with van der Waals surface area (Å²) in [7, 11) is 0. The van der Waals surface area contributed by atoms with Gasteiger partial charge in [0.25, 0.3) is 0 Å². The van der Waals surface area contributed by atoms with Crippen LogP contribution >= 0.6 is 47.8 Å². The van der Waals surface area contributed by atoms with Gasteiger partial charge in [-0.05, 0) is 110 Å². The van der Waals surface area contributed by atoms with E-state index in [0.717, 1.165) is 66.7 Å². The van der Waals surface area contributed by atoms with Gasteiger partial charge in [0, 0.05) is 16.1 Å². The molecule has 0 saturated heterocycles. The Labute approximate surface area is 235 Å². The summed E-state index contributed by atoms with van der Waals surface area (Å²) in [5, 5.41) is 3.04. The van der Waals surface area contributed by atoms with Crippen LogP contribution in [0.4, 0.5) is 0 Å². The fourth-order valence-corrected chi connectivity index (χ4v) is 5.51. The van der Waals surface area contributed by atoms with Gasteiger partial charge in [0.15, 0.2) is 6.29 Å². The quantitative estimate of drug-likeness (QED) is 0.127.